The second-order valence-corrected chi connectivity index (χ2v) is 17.5. The van der Waals surface area contributed by atoms with Crippen LogP contribution in [0.5, 0.6) is 0 Å². The molecule has 0 N–H and O–H groups in total. The maximum atomic E-state index is 13.6. The van der Waals surface area contributed by atoms with E-state index in [0.29, 0.717) is 12.8 Å². The van der Waals surface area contributed by atoms with E-state index >= 15 is 0 Å². The largest absolute Gasteiger partial charge is 0.465 e. The molecule has 344 valence electrons. The molecule has 0 bridgehead atoms. The fraction of sp³-hybridized carbons (Fsp3) is 0.804. The monoisotopic (exact) mass is 842 g/mol. The number of Topliss-reactive ketones (excluding diaryl/α,β-unsaturated/α-hetero) is 2. The predicted molar refractivity (Wildman–Crippen MR) is 245 cm³/mol. The Bertz CT molecular complexity index is 1210. The predicted octanol–water partition coefficient (Wildman–Crippen LogP) is 14.7. The van der Waals surface area contributed by atoms with Crippen LogP contribution in [0.4, 0.5) is 5.69 Å². The Morgan fingerprint density at radius 2 is 0.767 bits per heavy atom. The van der Waals surface area contributed by atoms with Gasteiger partial charge in [0, 0.05) is 18.1 Å². The first-order valence-electron chi connectivity index (χ1n) is 24.7. The molecule has 0 amide bonds. The highest BCUT2D eigenvalue weighted by Gasteiger charge is 2.46. The number of benzene rings is 1. The lowest BCUT2D eigenvalue weighted by Gasteiger charge is -2.29. The molecule has 9 heteroatoms. The SMILES string of the molecule is CCCCCCCCCCCCCCCCCCOC(=O)C(C(C)=O)C(c1cccc([N+](=O)[O-])c1)C(C(C)=O)C(=O)OCCCCCCCCCCCCCCCCCC. The first kappa shape index (κ1) is 54.9. The lowest BCUT2D eigenvalue weighted by atomic mass is 9.73. The third-order valence-electron chi connectivity index (χ3n) is 12.1. The molecular formula is C51H87NO8. The van der Waals surface area contributed by atoms with Gasteiger partial charge >= 0.3 is 11.9 Å². The Balaban J connectivity index is 2.58. The molecule has 0 heterocycles. The van der Waals surface area contributed by atoms with E-state index in [4.69, 9.17) is 9.47 Å². The van der Waals surface area contributed by atoms with Crippen LogP contribution in [-0.2, 0) is 28.7 Å². The fourth-order valence-electron chi connectivity index (χ4n) is 8.38. The summed E-state index contributed by atoms with van der Waals surface area (Å²) in [5.41, 5.74) is -0.103. The minimum atomic E-state index is -1.51. The van der Waals surface area contributed by atoms with Gasteiger partial charge in [0.05, 0.1) is 18.1 Å². The smallest absolute Gasteiger partial charge is 0.317 e. The lowest BCUT2D eigenvalue weighted by molar-refractivity contribution is -0.385. The zero-order chi connectivity index (χ0) is 44.1. The number of nitrogens with zero attached hydrogens (tertiary/aromatic N) is 1. The molecule has 0 saturated heterocycles. The summed E-state index contributed by atoms with van der Waals surface area (Å²) in [6.45, 7) is 7.18. The van der Waals surface area contributed by atoms with Crippen LogP contribution >= 0.6 is 0 Å². The van der Waals surface area contributed by atoms with Crippen LogP contribution in [0.15, 0.2) is 24.3 Å². The van der Waals surface area contributed by atoms with Crippen LogP contribution in [-0.4, -0.2) is 41.6 Å². The number of ether oxygens (including phenoxy) is 2. The number of carbonyl (C=O) groups is 4. The summed E-state index contributed by atoms with van der Waals surface area (Å²) in [5, 5.41) is 11.7. The van der Waals surface area contributed by atoms with Crippen molar-refractivity contribution in [1.82, 2.24) is 0 Å². The number of hydrogen-bond acceptors (Lipinski definition) is 8. The summed E-state index contributed by atoms with van der Waals surface area (Å²) in [6.07, 6.45) is 39.0. The second-order valence-electron chi connectivity index (χ2n) is 17.5. The van der Waals surface area contributed by atoms with E-state index < -0.39 is 46.2 Å². The number of ketones is 2. The number of rotatable bonds is 42. The third-order valence-corrected chi connectivity index (χ3v) is 12.1. The Morgan fingerprint density at radius 1 is 0.483 bits per heavy atom. The molecule has 0 aromatic heterocycles. The van der Waals surface area contributed by atoms with Gasteiger partial charge in [-0.1, -0.05) is 219 Å². The van der Waals surface area contributed by atoms with Crippen LogP contribution in [0.25, 0.3) is 0 Å². The molecule has 0 aliphatic carbocycles. The van der Waals surface area contributed by atoms with Crippen molar-refractivity contribution in [1.29, 1.82) is 0 Å². The highest BCUT2D eigenvalue weighted by atomic mass is 16.6. The van der Waals surface area contributed by atoms with Crippen molar-refractivity contribution in [3.05, 3.63) is 39.9 Å². The van der Waals surface area contributed by atoms with Gasteiger partial charge in [-0.2, -0.15) is 0 Å². The molecule has 0 spiro atoms. The molecule has 2 atom stereocenters. The van der Waals surface area contributed by atoms with Gasteiger partial charge in [0.2, 0.25) is 0 Å². The zero-order valence-corrected chi connectivity index (χ0v) is 38.8. The van der Waals surface area contributed by atoms with Gasteiger partial charge in [0.15, 0.2) is 0 Å². The molecule has 0 radical (unpaired) electrons. The Labute approximate surface area is 365 Å². The van der Waals surface area contributed by atoms with E-state index in [1.165, 1.54) is 192 Å². The van der Waals surface area contributed by atoms with Gasteiger partial charge in [0.1, 0.15) is 23.4 Å². The first-order chi connectivity index (χ1) is 29.1. The van der Waals surface area contributed by atoms with Crippen LogP contribution in [0.2, 0.25) is 0 Å². The molecule has 0 fully saturated rings. The van der Waals surface area contributed by atoms with Crippen molar-refractivity contribution in [2.75, 3.05) is 13.2 Å². The van der Waals surface area contributed by atoms with Crippen molar-refractivity contribution < 1.29 is 33.6 Å². The molecule has 2 unspecified atom stereocenters. The number of nitro groups is 1. The Morgan fingerprint density at radius 3 is 1.03 bits per heavy atom. The number of esters is 2. The van der Waals surface area contributed by atoms with Gasteiger partial charge in [-0.25, -0.2) is 0 Å². The van der Waals surface area contributed by atoms with Gasteiger partial charge in [-0.3, -0.25) is 29.3 Å². The van der Waals surface area contributed by atoms with Crippen LogP contribution in [0.1, 0.15) is 245 Å². The molecule has 1 aromatic rings. The number of carbonyl (C=O) groups excluding carboxylic acids is 4. The summed E-state index contributed by atoms with van der Waals surface area (Å²) < 4.78 is 11.2. The molecular weight excluding hydrogens is 755 g/mol. The summed E-state index contributed by atoms with van der Waals surface area (Å²) in [5.74, 6) is -7.17. The second kappa shape index (κ2) is 37.6. The first-order valence-corrected chi connectivity index (χ1v) is 24.7. The number of hydrogen-bond donors (Lipinski definition) is 0. The maximum Gasteiger partial charge on any atom is 0.317 e. The average Bonchev–Trinajstić information content (AvgIpc) is 3.22. The summed E-state index contributed by atoms with van der Waals surface area (Å²) in [4.78, 5) is 64.7. The van der Waals surface area contributed by atoms with Crippen molar-refractivity contribution in [3.63, 3.8) is 0 Å². The molecule has 0 saturated carbocycles. The highest BCUT2D eigenvalue weighted by Crippen LogP contribution is 2.37. The van der Waals surface area contributed by atoms with E-state index in [-0.39, 0.29) is 24.5 Å². The maximum absolute atomic E-state index is 13.6. The molecule has 0 aliphatic rings. The van der Waals surface area contributed by atoms with Gasteiger partial charge < -0.3 is 9.47 Å². The summed E-state index contributed by atoms with van der Waals surface area (Å²) >= 11 is 0. The van der Waals surface area contributed by atoms with E-state index in [2.05, 4.69) is 13.8 Å². The number of non-ortho nitro benzene ring substituents is 1. The minimum Gasteiger partial charge on any atom is -0.465 e. The molecule has 1 aromatic carbocycles. The standard InChI is InChI=1S/C51H87NO8/c1-5-7-9-11-13-15-17-19-21-23-25-27-29-31-33-35-40-59-50(55)47(43(3)53)49(45-38-37-39-46(42-45)52(57)58)48(44(4)54)51(56)60-41-36-34-32-30-28-26-24-22-20-18-16-14-12-10-8-6-2/h37-39,42,47-49H,5-36,40-41H2,1-4H3. The molecule has 60 heavy (non-hydrogen) atoms. The van der Waals surface area contributed by atoms with Crippen LogP contribution < -0.4 is 0 Å². The Kier molecular flexibility index (Phi) is 34.5. The molecule has 9 nitrogen and oxygen atoms in total. The van der Waals surface area contributed by atoms with Gasteiger partial charge in [0.25, 0.3) is 5.69 Å². The topological polar surface area (TPSA) is 130 Å². The minimum absolute atomic E-state index is 0.108. The third kappa shape index (κ3) is 27.0. The zero-order valence-electron chi connectivity index (χ0n) is 38.8. The normalized spacial score (nSPS) is 12.8. The van der Waals surface area contributed by atoms with Crippen LogP contribution in [0.3, 0.4) is 0 Å². The van der Waals surface area contributed by atoms with Crippen molar-refractivity contribution in [3.8, 4) is 0 Å². The lowest BCUT2D eigenvalue weighted by Crippen LogP contribution is -2.40. The van der Waals surface area contributed by atoms with Crippen molar-refractivity contribution in [2.45, 2.75) is 239 Å². The highest BCUT2D eigenvalue weighted by molar-refractivity contribution is 6.04. The Hall–Kier alpha value is -3.10. The summed E-state index contributed by atoms with van der Waals surface area (Å²) in [6, 6.07) is 5.45. The summed E-state index contributed by atoms with van der Waals surface area (Å²) in [7, 11) is 0. The quantitative estimate of drug-likeness (QED) is 0.0209. The van der Waals surface area contributed by atoms with Crippen LogP contribution in [0, 0.1) is 22.0 Å². The van der Waals surface area contributed by atoms with E-state index in [1.807, 2.05) is 0 Å². The van der Waals surface area contributed by atoms with Gasteiger partial charge in [-0.15, -0.1) is 0 Å². The van der Waals surface area contributed by atoms with Crippen molar-refractivity contribution in [2.24, 2.45) is 11.8 Å². The van der Waals surface area contributed by atoms with Gasteiger partial charge in [-0.05, 0) is 32.3 Å². The number of nitro benzene ring substituents is 1. The van der Waals surface area contributed by atoms with E-state index in [1.54, 1.807) is 0 Å². The van der Waals surface area contributed by atoms with E-state index in [0.717, 1.165) is 38.5 Å². The molecule has 1 rings (SSSR count). The van der Waals surface area contributed by atoms with Crippen molar-refractivity contribution >= 4 is 29.2 Å². The molecule has 0 aliphatic heterocycles. The number of unbranched alkanes of at least 4 members (excludes halogenated alkanes) is 30. The fourth-order valence-corrected chi connectivity index (χ4v) is 8.38. The average molecular weight is 842 g/mol. The van der Waals surface area contributed by atoms with E-state index in [9.17, 15) is 29.3 Å².